The van der Waals surface area contributed by atoms with Gasteiger partial charge in [-0.2, -0.15) is 0 Å². The van der Waals surface area contributed by atoms with Crippen LogP contribution in [-0.4, -0.2) is 23.1 Å². The van der Waals surface area contributed by atoms with Gasteiger partial charge in [0.1, 0.15) is 17.5 Å². The van der Waals surface area contributed by atoms with Gasteiger partial charge < -0.3 is 10.6 Å². The second kappa shape index (κ2) is 5.58. The number of aryl methyl sites for hydroxylation is 1. The Morgan fingerprint density at radius 3 is 2.40 bits per heavy atom. The lowest BCUT2D eigenvalue weighted by Crippen LogP contribution is -2.18. The normalized spacial score (nSPS) is 19.7. The van der Waals surface area contributed by atoms with E-state index in [0.717, 1.165) is 49.3 Å². The molecule has 0 bridgehead atoms. The SMILES string of the molecule is CCCc1nc(NCC)cc(NCC2(C3CC3)CC2)n1. The van der Waals surface area contributed by atoms with E-state index in [1.54, 1.807) is 0 Å². The van der Waals surface area contributed by atoms with Gasteiger partial charge in [-0.15, -0.1) is 0 Å². The quantitative estimate of drug-likeness (QED) is 0.762. The van der Waals surface area contributed by atoms with E-state index in [0.29, 0.717) is 5.41 Å². The molecule has 1 heterocycles. The van der Waals surface area contributed by atoms with Gasteiger partial charge in [0.05, 0.1) is 0 Å². The van der Waals surface area contributed by atoms with Crippen LogP contribution in [0.4, 0.5) is 11.6 Å². The number of aromatic nitrogens is 2. The first-order valence-corrected chi connectivity index (χ1v) is 8.11. The van der Waals surface area contributed by atoms with Crippen molar-refractivity contribution >= 4 is 11.6 Å². The molecule has 2 aliphatic carbocycles. The van der Waals surface area contributed by atoms with Crippen LogP contribution in [0.2, 0.25) is 0 Å². The van der Waals surface area contributed by atoms with E-state index in [-0.39, 0.29) is 0 Å². The number of hydrogen-bond acceptors (Lipinski definition) is 4. The summed E-state index contributed by atoms with van der Waals surface area (Å²) in [6, 6.07) is 2.05. The third kappa shape index (κ3) is 3.05. The van der Waals surface area contributed by atoms with Crippen LogP contribution in [0.15, 0.2) is 6.07 Å². The number of nitrogens with zero attached hydrogens (tertiary/aromatic N) is 2. The van der Waals surface area contributed by atoms with Crippen LogP contribution in [0.5, 0.6) is 0 Å². The van der Waals surface area contributed by atoms with E-state index in [2.05, 4.69) is 34.4 Å². The van der Waals surface area contributed by atoms with Gasteiger partial charge in [-0.25, -0.2) is 9.97 Å². The molecule has 4 nitrogen and oxygen atoms in total. The van der Waals surface area contributed by atoms with Crippen LogP contribution < -0.4 is 10.6 Å². The van der Waals surface area contributed by atoms with E-state index in [1.807, 2.05) is 6.07 Å². The molecule has 2 N–H and O–H groups in total. The van der Waals surface area contributed by atoms with E-state index in [9.17, 15) is 0 Å². The van der Waals surface area contributed by atoms with E-state index in [1.165, 1.54) is 25.7 Å². The van der Waals surface area contributed by atoms with Crippen molar-refractivity contribution < 1.29 is 0 Å². The molecule has 0 atom stereocenters. The fourth-order valence-corrected chi connectivity index (χ4v) is 3.05. The molecule has 20 heavy (non-hydrogen) atoms. The van der Waals surface area contributed by atoms with Crippen molar-refractivity contribution in [2.75, 3.05) is 23.7 Å². The second-order valence-corrected chi connectivity index (χ2v) is 6.33. The minimum absolute atomic E-state index is 0.605. The molecule has 2 aliphatic rings. The Morgan fingerprint density at radius 1 is 1.15 bits per heavy atom. The minimum Gasteiger partial charge on any atom is -0.370 e. The monoisotopic (exact) mass is 274 g/mol. The summed E-state index contributed by atoms with van der Waals surface area (Å²) >= 11 is 0. The van der Waals surface area contributed by atoms with Gasteiger partial charge in [0.25, 0.3) is 0 Å². The van der Waals surface area contributed by atoms with E-state index >= 15 is 0 Å². The van der Waals surface area contributed by atoms with Crippen LogP contribution in [0.25, 0.3) is 0 Å². The summed E-state index contributed by atoms with van der Waals surface area (Å²) in [5.41, 5.74) is 0.605. The Morgan fingerprint density at radius 2 is 1.85 bits per heavy atom. The number of anilines is 2. The van der Waals surface area contributed by atoms with Crippen molar-refractivity contribution in [1.29, 1.82) is 0 Å². The van der Waals surface area contributed by atoms with Crippen LogP contribution >= 0.6 is 0 Å². The zero-order valence-corrected chi connectivity index (χ0v) is 12.7. The standard InChI is InChI=1S/C16H26N4/c1-3-5-13-19-14(17-4-2)10-15(20-13)18-11-16(8-9-16)12-6-7-12/h10,12H,3-9,11H2,1-2H3,(H2,17,18,19,20). The summed E-state index contributed by atoms with van der Waals surface area (Å²) in [5, 5.41) is 6.88. The fraction of sp³-hybridized carbons (Fsp3) is 0.750. The maximum atomic E-state index is 4.65. The molecule has 0 saturated heterocycles. The summed E-state index contributed by atoms with van der Waals surface area (Å²) in [7, 11) is 0. The van der Waals surface area contributed by atoms with Crippen molar-refractivity contribution in [3.63, 3.8) is 0 Å². The molecule has 110 valence electrons. The highest BCUT2D eigenvalue weighted by atomic mass is 15.1. The zero-order chi connectivity index (χ0) is 14.0. The zero-order valence-electron chi connectivity index (χ0n) is 12.7. The highest BCUT2D eigenvalue weighted by Gasteiger charge is 2.53. The van der Waals surface area contributed by atoms with Gasteiger partial charge in [-0.3, -0.25) is 0 Å². The van der Waals surface area contributed by atoms with Crippen LogP contribution in [-0.2, 0) is 6.42 Å². The second-order valence-electron chi connectivity index (χ2n) is 6.33. The Labute approximate surface area is 121 Å². The van der Waals surface area contributed by atoms with Gasteiger partial charge in [0.15, 0.2) is 0 Å². The van der Waals surface area contributed by atoms with Gasteiger partial charge >= 0.3 is 0 Å². The molecular weight excluding hydrogens is 248 g/mol. The maximum absolute atomic E-state index is 4.65. The first-order chi connectivity index (χ1) is 9.75. The van der Waals surface area contributed by atoms with Crippen molar-refractivity contribution in [2.24, 2.45) is 11.3 Å². The summed E-state index contributed by atoms with van der Waals surface area (Å²) < 4.78 is 0. The molecule has 0 radical (unpaired) electrons. The lowest BCUT2D eigenvalue weighted by molar-refractivity contribution is 0.466. The van der Waals surface area contributed by atoms with Crippen molar-refractivity contribution in [3.8, 4) is 0 Å². The highest BCUT2D eigenvalue weighted by molar-refractivity contribution is 5.48. The lowest BCUT2D eigenvalue weighted by Gasteiger charge is -2.16. The smallest absolute Gasteiger partial charge is 0.133 e. The molecule has 0 amide bonds. The molecule has 4 heteroatoms. The third-order valence-corrected chi connectivity index (χ3v) is 4.56. The Hall–Kier alpha value is -1.32. The first kappa shape index (κ1) is 13.7. The van der Waals surface area contributed by atoms with Gasteiger partial charge in [0.2, 0.25) is 0 Å². The molecule has 1 aromatic heterocycles. The number of rotatable bonds is 8. The minimum atomic E-state index is 0.605. The molecule has 0 unspecified atom stereocenters. The lowest BCUT2D eigenvalue weighted by atomic mass is 10.0. The Balaban J connectivity index is 1.67. The van der Waals surface area contributed by atoms with Crippen LogP contribution in [0, 0.1) is 11.3 Å². The van der Waals surface area contributed by atoms with Crippen LogP contribution in [0.1, 0.15) is 51.8 Å². The molecule has 2 saturated carbocycles. The topological polar surface area (TPSA) is 49.8 Å². The molecule has 1 aromatic rings. The largest absolute Gasteiger partial charge is 0.370 e. The average molecular weight is 274 g/mol. The number of nitrogens with one attached hydrogen (secondary N) is 2. The predicted octanol–water partition coefficient (Wildman–Crippen LogP) is 3.46. The Kier molecular flexibility index (Phi) is 3.81. The molecule has 0 aromatic carbocycles. The van der Waals surface area contributed by atoms with Crippen molar-refractivity contribution in [3.05, 3.63) is 11.9 Å². The fourth-order valence-electron chi connectivity index (χ4n) is 3.05. The summed E-state index contributed by atoms with van der Waals surface area (Å²) in [6.45, 7) is 6.25. The highest BCUT2D eigenvalue weighted by Crippen LogP contribution is 2.61. The molecule has 0 spiro atoms. The summed E-state index contributed by atoms with van der Waals surface area (Å²) in [6.07, 6.45) is 7.71. The Bertz CT molecular complexity index is 439. The maximum Gasteiger partial charge on any atom is 0.133 e. The number of hydrogen-bond donors (Lipinski definition) is 2. The first-order valence-electron chi connectivity index (χ1n) is 8.11. The van der Waals surface area contributed by atoms with Gasteiger partial charge in [-0.1, -0.05) is 6.92 Å². The molecular formula is C16H26N4. The van der Waals surface area contributed by atoms with Crippen LogP contribution in [0.3, 0.4) is 0 Å². The predicted molar refractivity (Wildman–Crippen MR) is 83.1 cm³/mol. The molecule has 0 aliphatic heterocycles. The third-order valence-electron chi connectivity index (χ3n) is 4.56. The van der Waals surface area contributed by atoms with Gasteiger partial charge in [-0.05, 0) is 50.4 Å². The van der Waals surface area contributed by atoms with Crippen molar-refractivity contribution in [2.45, 2.75) is 52.4 Å². The van der Waals surface area contributed by atoms with E-state index in [4.69, 9.17) is 0 Å². The average Bonchev–Trinajstić information content (AvgIpc) is 3.29. The molecule has 3 rings (SSSR count). The van der Waals surface area contributed by atoms with E-state index < -0.39 is 0 Å². The summed E-state index contributed by atoms with van der Waals surface area (Å²) in [5.74, 6) is 3.88. The van der Waals surface area contributed by atoms with Gasteiger partial charge in [0, 0.05) is 25.6 Å². The molecule has 2 fully saturated rings. The summed E-state index contributed by atoms with van der Waals surface area (Å²) in [4.78, 5) is 9.21. The van der Waals surface area contributed by atoms with Crippen molar-refractivity contribution in [1.82, 2.24) is 9.97 Å².